The zero-order valence-corrected chi connectivity index (χ0v) is 54.7. The van der Waals surface area contributed by atoms with Crippen molar-refractivity contribution < 1.29 is 0 Å². The van der Waals surface area contributed by atoms with E-state index in [1.165, 1.54) is 158 Å². The van der Waals surface area contributed by atoms with Crippen LogP contribution in [-0.2, 0) is 37.9 Å². The Labute approximate surface area is 513 Å². The summed E-state index contributed by atoms with van der Waals surface area (Å²) in [6, 6.07) is 59.3. The number of benzene rings is 8. The Bertz CT molecular complexity index is 4290. The number of hydrogen-bond donors (Lipinski definition) is 0. The molecule has 2 unspecified atom stereocenters. The first-order chi connectivity index (χ1) is 40.1. The molecule has 0 amide bonds. The van der Waals surface area contributed by atoms with Gasteiger partial charge < -0.3 is 14.7 Å². The van der Waals surface area contributed by atoms with Gasteiger partial charge in [0.2, 0.25) is 0 Å². The highest BCUT2D eigenvalue weighted by atomic mass is 32.1. The molecule has 3 aliphatic heterocycles. The van der Waals surface area contributed by atoms with E-state index in [2.05, 4.69) is 271 Å². The maximum Gasteiger partial charge on any atom is 0.252 e. The molecule has 1 saturated carbocycles. The van der Waals surface area contributed by atoms with Crippen LogP contribution >= 0.6 is 11.3 Å². The molecular weight excluding hydrogens is 1050 g/mol. The summed E-state index contributed by atoms with van der Waals surface area (Å²) in [4.78, 5) is 8.45. The van der Waals surface area contributed by atoms with E-state index >= 15 is 0 Å². The first kappa shape index (κ1) is 55.1. The van der Waals surface area contributed by atoms with Crippen LogP contribution in [0, 0.1) is 0 Å². The molecule has 432 valence electrons. The summed E-state index contributed by atoms with van der Waals surface area (Å²) in [5.41, 5.74) is 27.1. The van der Waals surface area contributed by atoms with E-state index in [1.54, 1.807) is 0 Å². The highest BCUT2D eigenvalue weighted by Crippen LogP contribution is 2.63. The fraction of sp³-hybridized carbons (Fsp3) is 0.400. The summed E-state index contributed by atoms with van der Waals surface area (Å²) in [7, 11) is 0. The van der Waals surface area contributed by atoms with Gasteiger partial charge in [0.15, 0.2) is 0 Å². The molecular formula is C80H88BN3S. The van der Waals surface area contributed by atoms with Crippen LogP contribution in [-0.4, -0.2) is 12.3 Å². The highest BCUT2D eigenvalue weighted by Gasteiger charge is 2.59. The van der Waals surface area contributed by atoms with Crippen LogP contribution in [0.25, 0.3) is 31.3 Å². The molecule has 4 heterocycles. The van der Waals surface area contributed by atoms with Gasteiger partial charge in [-0.1, -0.05) is 196 Å². The summed E-state index contributed by atoms with van der Waals surface area (Å²) in [6.07, 6.45) is 9.41. The van der Waals surface area contributed by atoms with Crippen molar-refractivity contribution in [1.29, 1.82) is 0 Å². The monoisotopic (exact) mass is 1130 g/mol. The predicted molar refractivity (Wildman–Crippen MR) is 370 cm³/mol. The Morgan fingerprint density at radius 1 is 0.400 bits per heavy atom. The van der Waals surface area contributed by atoms with Gasteiger partial charge in [0.1, 0.15) is 0 Å². The molecule has 9 aromatic rings. The fourth-order valence-electron chi connectivity index (χ4n) is 17.3. The van der Waals surface area contributed by atoms with Crippen LogP contribution in [0.1, 0.15) is 201 Å². The van der Waals surface area contributed by atoms with Crippen molar-refractivity contribution in [2.24, 2.45) is 0 Å². The summed E-state index contributed by atoms with van der Waals surface area (Å²) >= 11 is 1.96. The minimum Gasteiger partial charge on any atom is -0.334 e. The van der Waals surface area contributed by atoms with E-state index < -0.39 is 0 Å². The van der Waals surface area contributed by atoms with Gasteiger partial charge in [-0.25, -0.2) is 0 Å². The van der Waals surface area contributed by atoms with Crippen molar-refractivity contribution >= 4 is 100 Å². The number of rotatable bonds is 4. The molecule has 6 aliphatic rings. The standard InChI is InChI=1S/C80H88BN3S/c1-73(2,3)50-28-32-64(55(40-50)49-24-18-17-19-25-49)83-66-45-56-54-26-20-21-27-70(54)85-71(56)48-63(66)81-62-46-59-60(78(13,14)39-38-77(59,11)12)47-67(62)82(52-30-31-57-58(42-52)76(9,10)37-36-75(57,7)8)68-43-53(44-69(83)72(68)81)84-65-33-29-51(74(4,5)6)41-61(65)79(15)34-22-23-35-80(79,84)16/h17-21,24-33,40-48H,22-23,34-39H2,1-16H3. The zero-order valence-electron chi connectivity index (χ0n) is 53.8. The van der Waals surface area contributed by atoms with Crippen molar-refractivity contribution in [2.45, 2.75) is 206 Å². The third-order valence-electron chi connectivity index (χ3n) is 23.0. The molecule has 0 spiro atoms. The van der Waals surface area contributed by atoms with Gasteiger partial charge in [0, 0.05) is 71.0 Å². The molecule has 1 aromatic heterocycles. The Morgan fingerprint density at radius 3 is 1.65 bits per heavy atom. The van der Waals surface area contributed by atoms with Crippen molar-refractivity contribution in [3.63, 3.8) is 0 Å². The summed E-state index contributed by atoms with van der Waals surface area (Å²) in [5, 5.41) is 2.66. The second kappa shape index (κ2) is 18.0. The number of thiophene rings is 1. The topological polar surface area (TPSA) is 9.72 Å². The van der Waals surface area contributed by atoms with Crippen LogP contribution in [0.2, 0.25) is 0 Å². The molecule has 0 saturated heterocycles. The predicted octanol–water partition coefficient (Wildman–Crippen LogP) is 20.8. The van der Waals surface area contributed by atoms with Crippen molar-refractivity contribution in [3.05, 3.63) is 185 Å². The van der Waals surface area contributed by atoms with Gasteiger partial charge in [-0.3, -0.25) is 0 Å². The third kappa shape index (κ3) is 7.95. The minimum absolute atomic E-state index is 0.00345. The van der Waals surface area contributed by atoms with Crippen LogP contribution in [0.15, 0.2) is 146 Å². The summed E-state index contributed by atoms with van der Waals surface area (Å²) in [5.74, 6) is 0. The number of fused-ring (bicyclic) bond motifs is 12. The van der Waals surface area contributed by atoms with E-state index in [0.29, 0.717) is 0 Å². The number of anilines is 8. The second-order valence-corrected chi connectivity index (χ2v) is 33.3. The average Bonchev–Trinajstić information content (AvgIpc) is 1.71. The van der Waals surface area contributed by atoms with E-state index in [4.69, 9.17) is 0 Å². The molecule has 3 aliphatic carbocycles. The minimum atomic E-state index is -0.180. The zero-order chi connectivity index (χ0) is 59.5. The molecule has 0 bridgehead atoms. The van der Waals surface area contributed by atoms with Crippen LogP contribution in [0.4, 0.5) is 45.5 Å². The van der Waals surface area contributed by atoms with Crippen molar-refractivity contribution in [2.75, 3.05) is 14.7 Å². The largest absolute Gasteiger partial charge is 0.334 e. The van der Waals surface area contributed by atoms with Crippen LogP contribution in [0.3, 0.4) is 0 Å². The Balaban J connectivity index is 1.13. The lowest BCUT2D eigenvalue weighted by molar-refractivity contribution is 0.195. The van der Waals surface area contributed by atoms with Gasteiger partial charge in [-0.2, -0.15) is 0 Å². The molecule has 1 fully saturated rings. The smallest absolute Gasteiger partial charge is 0.252 e. The third-order valence-corrected chi connectivity index (χ3v) is 24.2. The van der Waals surface area contributed by atoms with Gasteiger partial charge >= 0.3 is 0 Å². The van der Waals surface area contributed by atoms with E-state index in [1.807, 2.05) is 11.3 Å². The van der Waals surface area contributed by atoms with Crippen molar-refractivity contribution in [3.8, 4) is 11.1 Å². The lowest BCUT2D eigenvalue weighted by Crippen LogP contribution is -2.62. The molecule has 15 rings (SSSR count). The average molecular weight is 1130 g/mol. The van der Waals surface area contributed by atoms with Gasteiger partial charge in [0.25, 0.3) is 6.71 Å². The van der Waals surface area contributed by atoms with E-state index in [-0.39, 0.29) is 50.2 Å². The Hall–Kier alpha value is -6.56. The fourth-order valence-corrected chi connectivity index (χ4v) is 18.4. The SMILES string of the molecule is CC(C)(C)c1ccc(N2c3cc4c(cc3B3c5cc6c(cc5N(c5ccc7c(c5)C(C)(C)CCC7(C)C)c5cc(N7c8ccc(C(C)(C)C)cc8C8(C)CCCCC78C)cc2c53)C(C)(C)CCC6(C)C)sc2ccccc24)c(-c2ccccc2)c1. The van der Waals surface area contributed by atoms with Crippen LogP contribution < -0.4 is 31.1 Å². The maximum atomic E-state index is 2.88. The molecule has 2 atom stereocenters. The quantitative estimate of drug-likeness (QED) is 0.163. The number of nitrogens with zero attached hydrogens (tertiary/aromatic N) is 3. The summed E-state index contributed by atoms with van der Waals surface area (Å²) in [6.45, 7) is 39.5. The molecule has 0 N–H and O–H groups in total. The van der Waals surface area contributed by atoms with E-state index in [0.717, 1.165) is 25.7 Å². The van der Waals surface area contributed by atoms with Gasteiger partial charge in [-0.05, 0) is 206 Å². The molecule has 85 heavy (non-hydrogen) atoms. The first-order valence-corrected chi connectivity index (χ1v) is 33.1. The normalized spacial score (nSPS) is 22.1. The van der Waals surface area contributed by atoms with Crippen LogP contribution in [0.5, 0.6) is 0 Å². The van der Waals surface area contributed by atoms with Crippen molar-refractivity contribution in [1.82, 2.24) is 0 Å². The van der Waals surface area contributed by atoms with Gasteiger partial charge in [-0.15, -0.1) is 11.3 Å². The number of hydrogen-bond acceptors (Lipinski definition) is 4. The van der Waals surface area contributed by atoms with Gasteiger partial charge in [0.05, 0.1) is 11.2 Å². The second-order valence-electron chi connectivity index (χ2n) is 32.2. The Morgan fingerprint density at radius 2 is 0.965 bits per heavy atom. The molecule has 5 heteroatoms. The lowest BCUT2D eigenvalue weighted by atomic mass is 9.33. The lowest BCUT2D eigenvalue weighted by Gasteiger charge is -2.51. The summed E-state index contributed by atoms with van der Waals surface area (Å²) < 4.78 is 2.69. The highest BCUT2D eigenvalue weighted by molar-refractivity contribution is 7.26. The maximum absolute atomic E-state index is 2.88. The molecule has 8 aromatic carbocycles. The van der Waals surface area contributed by atoms with E-state index in [9.17, 15) is 0 Å². The first-order valence-electron chi connectivity index (χ1n) is 32.3. The Kier molecular flexibility index (Phi) is 11.7. The molecule has 0 radical (unpaired) electrons. The molecule has 3 nitrogen and oxygen atoms in total.